The van der Waals surface area contributed by atoms with Crippen LogP contribution in [-0.2, 0) is 13.0 Å². The zero-order valence-electron chi connectivity index (χ0n) is 11.5. The van der Waals surface area contributed by atoms with Crippen molar-refractivity contribution in [1.29, 1.82) is 0 Å². The van der Waals surface area contributed by atoms with E-state index >= 15 is 0 Å². The second-order valence-corrected chi connectivity index (χ2v) is 4.84. The molecule has 0 unspecified atom stereocenters. The van der Waals surface area contributed by atoms with Gasteiger partial charge in [-0.25, -0.2) is 0 Å². The van der Waals surface area contributed by atoms with Gasteiger partial charge < -0.3 is 9.84 Å². The maximum atomic E-state index is 8.98. The Labute approximate surface area is 114 Å². The zero-order valence-corrected chi connectivity index (χ0v) is 11.5. The molecule has 0 heterocycles. The molecule has 0 aromatic heterocycles. The van der Waals surface area contributed by atoms with Gasteiger partial charge in [0.15, 0.2) is 0 Å². The SMILES string of the molecule is Cc1ccc(OCCc2ccc(CO)cc2)c(C)c1. The lowest BCUT2D eigenvalue weighted by Gasteiger charge is -2.10. The summed E-state index contributed by atoms with van der Waals surface area (Å²) in [6, 6.07) is 14.2. The molecule has 0 fully saturated rings. The second kappa shape index (κ2) is 6.39. The second-order valence-electron chi connectivity index (χ2n) is 4.84. The minimum absolute atomic E-state index is 0.0966. The van der Waals surface area contributed by atoms with Crippen LogP contribution in [0.5, 0.6) is 5.75 Å². The number of aryl methyl sites for hydroxylation is 2. The molecule has 0 atom stereocenters. The summed E-state index contributed by atoms with van der Waals surface area (Å²) in [6.07, 6.45) is 0.874. The van der Waals surface area contributed by atoms with Crippen LogP contribution >= 0.6 is 0 Å². The third-order valence-corrected chi connectivity index (χ3v) is 3.18. The van der Waals surface area contributed by atoms with Crippen LogP contribution < -0.4 is 4.74 Å². The molecule has 0 aliphatic carbocycles. The van der Waals surface area contributed by atoms with E-state index in [4.69, 9.17) is 9.84 Å². The molecule has 0 saturated carbocycles. The monoisotopic (exact) mass is 256 g/mol. The van der Waals surface area contributed by atoms with Gasteiger partial charge in [-0.2, -0.15) is 0 Å². The van der Waals surface area contributed by atoms with Crippen LogP contribution in [0.3, 0.4) is 0 Å². The quantitative estimate of drug-likeness (QED) is 0.888. The van der Waals surface area contributed by atoms with Gasteiger partial charge in [-0.05, 0) is 36.6 Å². The fourth-order valence-corrected chi connectivity index (χ4v) is 2.05. The van der Waals surface area contributed by atoms with Gasteiger partial charge >= 0.3 is 0 Å². The van der Waals surface area contributed by atoms with Crippen molar-refractivity contribution in [2.75, 3.05) is 6.61 Å². The Morgan fingerprint density at radius 1 is 0.947 bits per heavy atom. The molecule has 2 heteroatoms. The Hall–Kier alpha value is -1.80. The van der Waals surface area contributed by atoms with Crippen LogP contribution in [0.2, 0.25) is 0 Å². The lowest BCUT2D eigenvalue weighted by molar-refractivity contribution is 0.282. The van der Waals surface area contributed by atoms with Crippen LogP contribution in [0.4, 0.5) is 0 Å². The molecule has 1 N–H and O–H groups in total. The fourth-order valence-electron chi connectivity index (χ4n) is 2.05. The van der Waals surface area contributed by atoms with E-state index < -0.39 is 0 Å². The minimum Gasteiger partial charge on any atom is -0.493 e. The van der Waals surface area contributed by atoms with Crippen LogP contribution in [0.15, 0.2) is 42.5 Å². The summed E-state index contributed by atoms with van der Waals surface area (Å²) in [6.45, 7) is 4.92. The maximum absolute atomic E-state index is 8.98. The summed E-state index contributed by atoms with van der Waals surface area (Å²) >= 11 is 0. The Kier molecular flexibility index (Phi) is 4.58. The van der Waals surface area contributed by atoms with Crippen molar-refractivity contribution in [1.82, 2.24) is 0 Å². The van der Waals surface area contributed by atoms with Gasteiger partial charge in [-0.15, -0.1) is 0 Å². The van der Waals surface area contributed by atoms with Gasteiger partial charge in [0.25, 0.3) is 0 Å². The highest BCUT2D eigenvalue weighted by Gasteiger charge is 2.00. The van der Waals surface area contributed by atoms with E-state index in [9.17, 15) is 0 Å². The number of benzene rings is 2. The summed E-state index contributed by atoms with van der Waals surface area (Å²) in [5, 5.41) is 8.98. The number of ether oxygens (including phenoxy) is 1. The van der Waals surface area contributed by atoms with E-state index in [-0.39, 0.29) is 6.61 Å². The molecule has 0 aliphatic heterocycles. The molecule has 2 nitrogen and oxygen atoms in total. The number of aliphatic hydroxyl groups excluding tert-OH is 1. The average molecular weight is 256 g/mol. The summed E-state index contributed by atoms with van der Waals surface area (Å²) in [5.41, 5.74) is 4.60. The summed E-state index contributed by atoms with van der Waals surface area (Å²) in [7, 11) is 0. The molecule has 100 valence electrons. The average Bonchev–Trinajstić information content (AvgIpc) is 2.42. The first-order chi connectivity index (χ1) is 9.19. The Morgan fingerprint density at radius 2 is 1.63 bits per heavy atom. The number of rotatable bonds is 5. The first-order valence-corrected chi connectivity index (χ1v) is 6.58. The van der Waals surface area contributed by atoms with Gasteiger partial charge in [0, 0.05) is 6.42 Å². The Balaban J connectivity index is 1.88. The molecular formula is C17H20O2. The van der Waals surface area contributed by atoms with Gasteiger partial charge in [-0.1, -0.05) is 42.0 Å². The predicted molar refractivity (Wildman–Crippen MR) is 77.5 cm³/mol. The van der Waals surface area contributed by atoms with Crippen LogP contribution in [0.25, 0.3) is 0 Å². The first-order valence-electron chi connectivity index (χ1n) is 6.58. The summed E-state index contributed by atoms with van der Waals surface area (Å²) in [4.78, 5) is 0. The molecule has 0 aliphatic rings. The number of aliphatic hydroxyl groups is 1. The van der Waals surface area contributed by atoms with Gasteiger partial charge in [-0.3, -0.25) is 0 Å². The molecule has 2 aromatic carbocycles. The third kappa shape index (κ3) is 3.83. The third-order valence-electron chi connectivity index (χ3n) is 3.18. The maximum Gasteiger partial charge on any atom is 0.122 e. The van der Waals surface area contributed by atoms with Crippen molar-refractivity contribution in [2.45, 2.75) is 26.9 Å². The highest BCUT2D eigenvalue weighted by atomic mass is 16.5. The van der Waals surface area contributed by atoms with Gasteiger partial charge in [0.2, 0.25) is 0 Å². The topological polar surface area (TPSA) is 29.5 Å². The fraction of sp³-hybridized carbons (Fsp3) is 0.294. The number of hydrogen-bond acceptors (Lipinski definition) is 2. The van der Waals surface area contributed by atoms with Crippen molar-refractivity contribution in [3.63, 3.8) is 0 Å². The smallest absolute Gasteiger partial charge is 0.122 e. The minimum atomic E-state index is 0.0966. The summed E-state index contributed by atoms with van der Waals surface area (Å²) in [5.74, 6) is 0.956. The lowest BCUT2D eigenvalue weighted by Crippen LogP contribution is -2.02. The molecule has 0 amide bonds. The van der Waals surface area contributed by atoms with Crippen molar-refractivity contribution in [2.24, 2.45) is 0 Å². The molecule has 2 rings (SSSR count). The van der Waals surface area contributed by atoms with Crippen LogP contribution in [-0.4, -0.2) is 11.7 Å². The lowest BCUT2D eigenvalue weighted by atomic mass is 10.1. The molecule has 0 bridgehead atoms. The molecule has 0 radical (unpaired) electrons. The highest BCUT2D eigenvalue weighted by molar-refractivity contribution is 5.35. The Morgan fingerprint density at radius 3 is 2.26 bits per heavy atom. The zero-order chi connectivity index (χ0) is 13.7. The standard InChI is InChI=1S/C17H20O2/c1-13-3-8-17(14(2)11-13)19-10-9-15-4-6-16(12-18)7-5-15/h3-8,11,18H,9-10,12H2,1-2H3. The normalized spacial score (nSPS) is 10.5. The van der Waals surface area contributed by atoms with Gasteiger partial charge in [0.1, 0.15) is 5.75 Å². The molecular weight excluding hydrogens is 236 g/mol. The van der Waals surface area contributed by atoms with E-state index in [2.05, 4.69) is 26.0 Å². The molecule has 19 heavy (non-hydrogen) atoms. The molecule has 0 saturated heterocycles. The highest BCUT2D eigenvalue weighted by Crippen LogP contribution is 2.19. The van der Waals surface area contributed by atoms with E-state index in [1.807, 2.05) is 30.3 Å². The van der Waals surface area contributed by atoms with E-state index in [1.165, 1.54) is 16.7 Å². The largest absolute Gasteiger partial charge is 0.493 e. The van der Waals surface area contributed by atoms with E-state index in [1.54, 1.807) is 0 Å². The predicted octanol–water partition coefficient (Wildman–Crippen LogP) is 3.42. The molecule has 2 aromatic rings. The van der Waals surface area contributed by atoms with E-state index in [0.29, 0.717) is 6.61 Å². The van der Waals surface area contributed by atoms with Gasteiger partial charge in [0.05, 0.1) is 13.2 Å². The number of hydrogen-bond donors (Lipinski definition) is 1. The van der Waals surface area contributed by atoms with Crippen molar-refractivity contribution >= 4 is 0 Å². The van der Waals surface area contributed by atoms with Crippen molar-refractivity contribution < 1.29 is 9.84 Å². The van der Waals surface area contributed by atoms with Crippen LogP contribution in [0, 0.1) is 13.8 Å². The van der Waals surface area contributed by atoms with E-state index in [0.717, 1.165) is 17.7 Å². The molecule has 0 spiro atoms. The summed E-state index contributed by atoms with van der Waals surface area (Å²) < 4.78 is 5.80. The van der Waals surface area contributed by atoms with Crippen molar-refractivity contribution in [3.05, 3.63) is 64.7 Å². The van der Waals surface area contributed by atoms with Crippen LogP contribution in [0.1, 0.15) is 22.3 Å². The first kappa shape index (κ1) is 13.6. The Bertz CT molecular complexity index is 529. The van der Waals surface area contributed by atoms with Crippen molar-refractivity contribution in [3.8, 4) is 5.75 Å².